The van der Waals surface area contributed by atoms with Gasteiger partial charge in [0, 0.05) is 6.07 Å². The molecule has 1 aromatic carbocycles. The van der Waals surface area contributed by atoms with Crippen molar-refractivity contribution >= 4 is 28.5 Å². The summed E-state index contributed by atoms with van der Waals surface area (Å²) in [7, 11) is 0.499. The van der Waals surface area contributed by atoms with Crippen LogP contribution in [-0.4, -0.2) is 4.92 Å². The van der Waals surface area contributed by atoms with Crippen molar-refractivity contribution in [2.24, 2.45) is 0 Å². The second-order valence-corrected chi connectivity index (χ2v) is 4.66. The van der Waals surface area contributed by atoms with E-state index in [9.17, 15) is 14.5 Å². The van der Waals surface area contributed by atoms with E-state index < -0.39 is 16.4 Å². The number of hydrogen-bond donors (Lipinski definition) is 0. The van der Waals surface area contributed by atoms with Crippen LogP contribution in [0.1, 0.15) is 5.56 Å². The number of halogens is 2. The summed E-state index contributed by atoms with van der Waals surface area (Å²) in [5, 5.41) is 10.2. The second-order valence-electron chi connectivity index (χ2n) is 2.35. The molecule has 1 atom stereocenters. The van der Waals surface area contributed by atoms with Gasteiger partial charge in [0.15, 0.2) is 0 Å². The lowest BCUT2D eigenvalue weighted by Crippen LogP contribution is -1.93. The highest BCUT2D eigenvalue weighted by atomic mass is 79.9. The molecule has 0 N–H and O–H groups in total. The molecule has 3 nitrogen and oxygen atoms in total. The molecule has 6 heteroatoms. The molecule has 0 bridgehead atoms. The summed E-state index contributed by atoms with van der Waals surface area (Å²) in [6.07, 6.45) is 0.689. The molecule has 0 aliphatic heterocycles. The van der Waals surface area contributed by atoms with E-state index in [1.54, 1.807) is 6.07 Å². The van der Waals surface area contributed by atoms with Gasteiger partial charge in [0.2, 0.25) is 5.82 Å². The molecule has 0 fully saturated rings. The summed E-state index contributed by atoms with van der Waals surface area (Å²) < 4.78 is 13.0. The minimum atomic E-state index is -0.770. The van der Waals surface area contributed by atoms with E-state index in [4.69, 9.17) is 0 Å². The minimum absolute atomic E-state index is 0.471. The summed E-state index contributed by atoms with van der Waals surface area (Å²) in [6, 6.07) is 3.96. The quantitative estimate of drug-likeness (QED) is 0.479. The Morgan fingerprint density at radius 2 is 2.31 bits per heavy atom. The molecule has 70 valence electrons. The average molecular weight is 266 g/mol. The van der Waals surface area contributed by atoms with Crippen LogP contribution in [0.3, 0.4) is 0 Å². The number of benzene rings is 1. The first-order valence-corrected chi connectivity index (χ1v) is 6.88. The normalized spacial score (nSPS) is 10.9. The van der Waals surface area contributed by atoms with Gasteiger partial charge in [-0.2, -0.15) is 4.39 Å². The molecule has 0 saturated heterocycles. The molecule has 0 radical (unpaired) electrons. The second kappa shape index (κ2) is 4.63. The first-order chi connectivity index (χ1) is 6.15. The predicted octanol–water partition coefficient (Wildman–Crippen LogP) is 3.22. The van der Waals surface area contributed by atoms with Crippen molar-refractivity contribution in [1.29, 1.82) is 0 Å². The van der Waals surface area contributed by atoms with Gasteiger partial charge < -0.3 is 0 Å². The number of nitrogens with zero attached hydrogens (tertiary/aromatic N) is 1. The minimum Gasteiger partial charge on any atom is -0.258 e. The Morgan fingerprint density at radius 1 is 1.62 bits per heavy atom. The summed E-state index contributed by atoms with van der Waals surface area (Å²) in [5.41, 5.74) is 0.292. The maximum absolute atomic E-state index is 13.0. The van der Waals surface area contributed by atoms with Gasteiger partial charge in [0.05, 0.1) is 4.92 Å². The Morgan fingerprint density at radius 3 is 2.77 bits per heavy atom. The smallest absolute Gasteiger partial charge is 0.258 e. The highest BCUT2D eigenvalue weighted by Crippen LogP contribution is 2.27. The van der Waals surface area contributed by atoms with E-state index in [0.717, 1.165) is 5.56 Å². The van der Waals surface area contributed by atoms with Gasteiger partial charge in [-0.25, -0.2) is 0 Å². The van der Waals surface area contributed by atoms with Crippen molar-refractivity contribution in [2.45, 2.75) is 6.16 Å². The van der Waals surface area contributed by atoms with Crippen LogP contribution in [0.4, 0.5) is 10.1 Å². The molecular weight excluding hydrogens is 260 g/mol. The molecule has 0 spiro atoms. The van der Waals surface area contributed by atoms with Gasteiger partial charge in [-0.3, -0.25) is 10.1 Å². The van der Waals surface area contributed by atoms with Crippen LogP contribution in [0, 0.1) is 15.9 Å². The fourth-order valence-corrected chi connectivity index (χ4v) is 2.23. The van der Waals surface area contributed by atoms with E-state index in [1.807, 2.05) is 0 Å². The van der Waals surface area contributed by atoms with Crippen LogP contribution in [-0.2, 0) is 6.16 Å². The third kappa shape index (κ3) is 2.71. The molecular formula is C7H6BrFNO2P. The van der Waals surface area contributed by atoms with E-state index in [-0.39, 0.29) is 0 Å². The maximum Gasteiger partial charge on any atom is 0.304 e. The SMILES string of the molecule is O=[N+]([O-])c1ccc(CPBr)cc1F. The number of rotatable bonds is 3. The van der Waals surface area contributed by atoms with Crippen molar-refractivity contribution in [3.63, 3.8) is 0 Å². The van der Waals surface area contributed by atoms with E-state index >= 15 is 0 Å². The predicted molar refractivity (Wildman–Crippen MR) is 54.0 cm³/mol. The molecule has 13 heavy (non-hydrogen) atoms. The highest BCUT2D eigenvalue weighted by Gasteiger charge is 2.12. The van der Waals surface area contributed by atoms with E-state index in [1.165, 1.54) is 12.1 Å². The van der Waals surface area contributed by atoms with Crippen LogP contribution >= 0.6 is 22.8 Å². The third-order valence-corrected chi connectivity index (χ3v) is 2.86. The standard InChI is InChI=1S/C7H6BrFNO2P/c8-13-4-5-1-2-7(10(11)12)6(9)3-5/h1-3,13H,4H2. The van der Waals surface area contributed by atoms with Crippen LogP contribution in [0.25, 0.3) is 0 Å². The molecule has 0 aromatic heterocycles. The lowest BCUT2D eigenvalue weighted by molar-refractivity contribution is -0.387. The fraction of sp³-hybridized carbons (Fsp3) is 0.143. The van der Waals surface area contributed by atoms with Crippen molar-refractivity contribution in [2.75, 3.05) is 0 Å². The van der Waals surface area contributed by atoms with E-state index in [0.29, 0.717) is 13.4 Å². The summed E-state index contributed by atoms with van der Waals surface area (Å²) >= 11 is 3.23. The maximum atomic E-state index is 13.0. The Balaban J connectivity index is 2.98. The lowest BCUT2D eigenvalue weighted by atomic mass is 10.2. The number of hydrogen-bond acceptors (Lipinski definition) is 2. The first kappa shape index (κ1) is 10.5. The van der Waals surface area contributed by atoms with Crippen molar-refractivity contribution in [3.8, 4) is 0 Å². The molecule has 1 unspecified atom stereocenters. The molecule has 1 rings (SSSR count). The van der Waals surface area contributed by atoms with Gasteiger partial charge in [0.25, 0.3) is 0 Å². The van der Waals surface area contributed by atoms with Crippen LogP contribution < -0.4 is 0 Å². The van der Waals surface area contributed by atoms with Gasteiger partial charge in [0.1, 0.15) is 0 Å². The Labute approximate surface area is 84.0 Å². The first-order valence-electron chi connectivity index (χ1n) is 3.41. The molecule has 0 saturated carbocycles. The number of nitro groups is 1. The monoisotopic (exact) mass is 265 g/mol. The molecule has 0 amide bonds. The van der Waals surface area contributed by atoms with Gasteiger partial charge in [-0.1, -0.05) is 21.6 Å². The molecule has 0 aliphatic carbocycles. The lowest BCUT2D eigenvalue weighted by Gasteiger charge is -1.98. The summed E-state index contributed by atoms with van der Waals surface area (Å²) in [4.78, 5) is 9.52. The van der Waals surface area contributed by atoms with Crippen LogP contribution in [0.2, 0.25) is 0 Å². The summed E-state index contributed by atoms with van der Waals surface area (Å²) in [6.45, 7) is 0. The molecule has 1 aromatic rings. The highest BCUT2D eigenvalue weighted by molar-refractivity contribution is 9.36. The fourth-order valence-electron chi connectivity index (χ4n) is 0.886. The number of nitro benzene ring substituents is 1. The Hall–Kier alpha value is -0.540. The average Bonchev–Trinajstić information content (AvgIpc) is 2.04. The van der Waals surface area contributed by atoms with Crippen molar-refractivity contribution in [1.82, 2.24) is 0 Å². The van der Waals surface area contributed by atoms with Crippen molar-refractivity contribution < 1.29 is 9.31 Å². The third-order valence-electron chi connectivity index (χ3n) is 1.48. The van der Waals surface area contributed by atoms with Gasteiger partial charge in [-0.05, 0) is 25.1 Å². The zero-order valence-electron chi connectivity index (χ0n) is 6.46. The van der Waals surface area contributed by atoms with E-state index in [2.05, 4.69) is 15.5 Å². The molecule has 0 aliphatic rings. The van der Waals surface area contributed by atoms with Crippen LogP contribution in [0.15, 0.2) is 18.2 Å². The Bertz CT molecular complexity index is 334. The zero-order chi connectivity index (χ0) is 9.84. The van der Waals surface area contributed by atoms with Gasteiger partial charge >= 0.3 is 5.69 Å². The topological polar surface area (TPSA) is 43.1 Å². The largest absolute Gasteiger partial charge is 0.304 e. The van der Waals surface area contributed by atoms with Gasteiger partial charge in [-0.15, -0.1) is 0 Å². The van der Waals surface area contributed by atoms with Crippen molar-refractivity contribution in [3.05, 3.63) is 39.7 Å². The van der Waals surface area contributed by atoms with Crippen LogP contribution in [0.5, 0.6) is 0 Å². The zero-order valence-corrected chi connectivity index (χ0v) is 9.04. The Kier molecular flexibility index (Phi) is 3.75. The molecule has 0 heterocycles. The summed E-state index contributed by atoms with van der Waals surface area (Å²) in [5.74, 6) is -0.770.